The maximum Gasteiger partial charge on any atom is 0.441 e. The smallest absolute Gasteiger partial charge is 0.381 e. The number of hydrogen-bond donors (Lipinski definition) is 2. The van der Waals surface area contributed by atoms with Gasteiger partial charge in [0.05, 0.1) is 5.56 Å². The third kappa shape index (κ3) is 4.40. The Bertz CT molecular complexity index is 438. The largest absolute Gasteiger partial charge is 0.441 e. The molecule has 18 heavy (non-hydrogen) atoms. The summed E-state index contributed by atoms with van der Waals surface area (Å²) in [5.41, 5.74) is 0.454. The SMILES string of the molecule is Nc1nccc(C(=O)NCCSC(F)(F)F)c1F. The van der Waals surface area contributed by atoms with Gasteiger partial charge in [0.25, 0.3) is 5.91 Å². The van der Waals surface area contributed by atoms with Crippen molar-refractivity contribution in [1.29, 1.82) is 0 Å². The first-order chi connectivity index (χ1) is 8.31. The van der Waals surface area contributed by atoms with Crippen molar-refractivity contribution in [3.8, 4) is 0 Å². The van der Waals surface area contributed by atoms with E-state index in [1.165, 1.54) is 0 Å². The van der Waals surface area contributed by atoms with E-state index >= 15 is 0 Å². The number of nitrogen functional groups attached to an aromatic ring is 1. The molecule has 1 amide bonds. The standard InChI is InChI=1S/C9H9F4N3OS/c10-6-5(1-2-15-7(6)14)8(17)16-3-4-18-9(11,12)13/h1-2H,3-4H2,(H2,14,15)(H,16,17). The van der Waals surface area contributed by atoms with Gasteiger partial charge in [-0.05, 0) is 17.8 Å². The summed E-state index contributed by atoms with van der Waals surface area (Å²) in [5, 5.41) is 2.16. The fraction of sp³-hybridized carbons (Fsp3) is 0.333. The molecule has 0 saturated heterocycles. The molecule has 0 spiro atoms. The molecule has 0 aliphatic carbocycles. The number of alkyl halides is 3. The van der Waals surface area contributed by atoms with Crippen LogP contribution in [-0.2, 0) is 0 Å². The highest BCUT2D eigenvalue weighted by atomic mass is 32.2. The number of hydrogen-bond acceptors (Lipinski definition) is 4. The van der Waals surface area contributed by atoms with Gasteiger partial charge in [-0.25, -0.2) is 9.37 Å². The molecule has 9 heteroatoms. The van der Waals surface area contributed by atoms with Crippen molar-refractivity contribution in [1.82, 2.24) is 10.3 Å². The number of nitrogens with zero attached hydrogens (tertiary/aromatic N) is 1. The molecule has 4 nitrogen and oxygen atoms in total. The van der Waals surface area contributed by atoms with Gasteiger partial charge in [0.2, 0.25) is 0 Å². The summed E-state index contributed by atoms with van der Waals surface area (Å²) in [6.07, 6.45) is 1.14. The molecule has 0 aliphatic rings. The van der Waals surface area contributed by atoms with Gasteiger partial charge >= 0.3 is 5.51 Å². The molecule has 0 aliphatic heterocycles. The first-order valence-electron chi connectivity index (χ1n) is 4.70. The molecule has 1 rings (SSSR count). The molecule has 1 aromatic heterocycles. The molecular weight excluding hydrogens is 274 g/mol. The molecule has 1 heterocycles. The molecule has 1 aromatic rings. The predicted molar refractivity (Wildman–Crippen MR) is 59.5 cm³/mol. The van der Waals surface area contributed by atoms with Gasteiger partial charge in [0.1, 0.15) is 0 Å². The Morgan fingerprint density at radius 2 is 2.17 bits per heavy atom. The number of carbonyl (C=O) groups is 1. The number of anilines is 1. The predicted octanol–water partition coefficient (Wildman–Crippen LogP) is 1.79. The quantitative estimate of drug-likeness (QED) is 0.653. The summed E-state index contributed by atoms with van der Waals surface area (Å²) < 4.78 is 48.7. The van der Waals surface area contributed by atoms with Crippen LogP contribution < -0.4 is 11.1 Å². The van der Waals surface area contributed by atoms with Crippen LogP contribution in [-0.4, -0.2) is 28.7 Å². The Hall–Kier alpha value is -1.51. The molecule has 100 valence electrons. The summed E-state index contributed by atoms with van der Waals surface area (Å²) >= 11 is -0.267. The minimum Gasteiger partial charge on any atom is -0.381 e. The van der Waals surface area contributed by atoms with Crippen LogP contribution >= 0.6 is 11.8 Å². The fourth-order valence-corrected chi connectivity index (χ4v) is 1.50. The van der Waals surface area contributed by atoms with Crippen LogP contribution in [0.15, 0.2) is 12.3 Å². The lowest BCUT2D eigenvalue weighted by atomic mass is 10.2. The minimum atomic E-state index is -4.35. The maximum absolute atomic E-state index is 13.3. The highest BCUT2D eigenvalue weighted by molar-refractivity contribution is 8.00. The highest BCUT2D eigenvalue weighted by Crippen LogP contribution is 2.29. The van der Waals surface area contributed by atoms with E-state index in [4.69, 9.17) is 5.73 Å². The lowest BCUT2D eigenvalue weighted by Gasteiger charge is -2.08. The lowest BCUT2D eigenvalue weighted by molar-refractivity contribution is -0.0327. The van der Waals surface area contributed by atoms with Crippen molar-refractivity contribution in [3.63, 3.8) is 0 Å². The van der Waals surface area contributed by atoms with Crippen molar-refractivity contribution in [2.24, 2.45) is 0 Å². The van der Waals surface area contributed by atoms with Crippen molar-refractivity contribution in [2.45, 2.75) is 5.51 Å². The number of amides is 1. The fourth-order valence-electron chi connectivity index (χ4n) is 1.06. The zero-order valence-corrected chi connectivity index (χ0v) is 9.74. The van der Waals surface area contributed by atoms with E-state index in [-0.39, 0.29) is 29.6 Å². The molecule has 0 saturated carbocycles. The van der Waals surface area contributed by atoms with E-state index in [0.29, 0.717) is 0 Å². The van der Waals surface area contributed by atoms with Crippen molar-refractivity contribution < 1.29 is 22.4 Å². The second-order valence-electron chi connectivity index (χ2n) is 3.11. The first-order valence-corrected chi connectivity index (χ1v) is 5.68. The van der Waals surface area contributed by atoms with Crippen LogP contribution in [0.1, 0.15) is 10.4 Å². The zero-order valence-electron chi connectivity index (χ0n) is 8.92. The van der Waals surface area contributed by atoms with Crippen LogP contribution in [0.25, 0.3) is 0 Å². The Balaban J connectivity index is 2.49. The van der Waals surface area contributed by atoms with Crippen LogP contribution in [0.3, 0.4) is 0 Å². The Kier molecular flexibility index (Phi) is 4.76. The van der Waals surface area contributed by atoms with E-state index in [1.54, 1.807) is 0 Å². The van der Waals surface area contributed by atoms with Gasteiger partial charge < -0.3 is 11.1 Å². The molecule has 0 fully saturated rings. The van der Waals surface area contributed by atoms with E-state index in [9.17, 15) is 22.4 Å². The third-order valence-electron chi connectivity index (χ3n) is 1.81. The molecule has 3 N–H and O–H groups in total. The number of carbonyl (C=O) groups excluding carboxylic acids is 1. The second kappa shape index (κ2) is 5.89. The van der Waals surface area contributed by atoms with Crippen LogP contribution in [0, 0.1) is 5.82 Å². The normalized spacial score (nSPS) is 11.3. The van der Waals surface area contributed by atoms with Crippen molar-refractivity contribution >= 4 is 23.5 Å². The summed E-state index contributed by atoms with van der Waals surface area (Å²) in [5.74, 6) is -2.60. The number of halogens is 4. The molecule has 0 atom stereocenters. The van der Waals surface area contributed by atoms with Crippen LogP contribution in [0.4, 0.5) is 23.4 Å². The Labute approximate surface area is 104 Å². The minimum absolute atomic E-state index is 0.231. The Morgan fingerprint density at radius 1 is 1.50 bits per heavy atom. The lowest BCUT2D eigenvalue weighted by Crippen LogP contribution is -2.27. The van der Waals surface area contributed by atoms with Crippen LogP contribution in [0.2, 0.25) is 0 Å². The molecular formula is C9H9F4N3OS. The molecule has 0 aromatic carbocycles. The van der Waals surface area contributed by atoms with Gasteiger partial charge in [-0.1, -0.05) is 0 Å². The molecule has 0 bridgehead atoms. The maximum atomic E-state index is 13.3. The van der Waals surface area contributed by atoms with E-state index in [0.717, 1.165) is 12.3 Å². The topological polar surface area (TPSA) is 68.0 Å². The van der Waals surface area contributed by atoms with E-state index < -0.39 is 23.1 Å². The monoisotopic (exact) mass is 283 g/mol. The molecule has 0 unspecified atom stereocenters. The average molecular weight is 283 g/mol. The van der Waals surface area contributed by atoms with Gasteiger partial charge in [-0.3, -0.25) is 4.79 Å². The molecule has 0 radical (unpaired) electrons. The van der Waals surface area contributed by atoms with Crippen LogP contribution in [0.5, 0.6) is 0 Å². The summed E-state index contributed by atoms with van der Waals surface area (Å²) in [6, 6.07) is 1.10. The summed E-state index contributed by atoms with van der Waals surface area (Å²) in [6.45, 7) is -0.231. The summed E-state index contributed by atoms with van der Waals surface area (Å²) in [4.78, 5) is 14.8. The van der Waals surface area contributed by atoms with Gasteiger partial charge in [-0.2, -0.15) is 13.2 Å². The highest BCUT2D eigenvalue weighted by Gasteiger charge is 2.27. The van der Waals surface area contributed by atoms with Crippen molar-refractivity contribution in [3.05, 3.63) is 23.6 Å². The number of thioether (sulfide) groups is 1. The van der Waals surface area contributed by atoms with Gasteiger partial charge in [0, 0.05) is 18.5 Å². The third-order valence-corrected chi connectivity index (χ3v) is 2.55. The zero-order chi connectivity index (χ0) is 13.8. The number of rotatable bonds is 4. The number of nitrogens with two attached hydrogens (primary N) is 1. The van der Waals surface area contributed by atoms with E-state index in [2.05, 4.69) is 10.3 Å². The number of pyridine rings is 1. The van der Waals surface area contributed by atoms with Gasteiger partial charge in [0.15, 0.2) is 11.6 Å². The van der Waals surface area contributed by atoms with E-state index in [1.807, 2.05) is 0 Å². The summed E-state index contributed by atoms with van der Waals surface area (Å²) in [7, 11) is 0. The Morgan fingerprint density at radius 3 is 2.78 bits per heavy atom. The second-order valence-corrected chi connectivity index (χ2v) is 4.27. The number of nitrogens with one attached hydrogen (secondary N) is 1. The first kappa shape index (κ1) is 14.6. The van der Waals surface area contributed by atoms with Crippen molar-refractivity contribution in [2.75, 3.05) is 18.0 Å². The average Bonchev–Trinajstić information content (AvgIpc) is 2.26. The van der Waals surface area contributed by atoms with Gasteiger partial charge in [-0.15, -0.1) is 0 Å². The number of aromatic nitrogens is 1.